The molecular formula is C12H15BrN2O3. The summed E-state index contributed by atoms with van der Waals surface area (Å²) in [5.74, 6) is -1.39. The number of nitrogens with zero attached hydrogens (tertiary/aromatic N) is 1. The minimum absolute atomic E-state index is 0.200. The third-order valence-corrected chi connectivity index (χ3v) is 2.81. The number of nitrogen functional groups attached to an aromatic ring is 1. The molecule has 0 spiro atoms. The van der Waals surface area contributed by atoms with Crippen molar-refractivity contribution in [2.75, 3.05) is 12.3 Å². The van der Waals surface area contributed by atoms with Crippen molar-refractivity contribution < 1.29 is 14.7 Å². The Hall–Kier alpha value is -1.56. The number of rotatable bonds is 4. The second-order valence-electron chi connectivity index (χ2n) is 4.19. The van der Waals surface area contributed by atoms with Gasteiger partial charge in [0.05, 0.1) is 0 Å². The first kappa shape index (κ1) is 14.5. The van der Waals surface area contributed by atoms with E-state index in [-0.39, 0.29) is 18.5 Å². The van der Waals surface area contributed by atoms with E-state index in [4.69, 9.17) is 10.8 Å². The SMILES string of the molecule is CC(C)N(CC(=O)O)C(=O)c1cc(N)cc(Br)c1. The number of carboxylic acid groups (broad SMARTS) is 1. The number of halogens is 1. The van der Waals surface area contributed by atoms with Gasteiger partial charge in [0.25, 0.3) is 5.91 Å². The smallest absolute Gasteiger partial charge is 0.323 e. The van der Waals surface area contributed by atoms with Crippen LogP contribution >= 0.6 is 15.9 Å². The zero-order valence-corrected chi connectivity index (χ0v) is 11.8. The Balaban J connectivity index is 3.05. The number of carbonyl (C=O) groups is 2. The van der Waals surface area contributed by atoms with E-state index in [1.165, 1.54) is 11.0 Å². The van der Waals surface area contributed by atoms with Crippen LogP contribution in [-0.2, 0) is 4.79 Å². The minimum Gasteiger partial charge on any atom is -0.480 e. The lowest BCUT2D eigenvalue weighted by atomic mass is 10.1. The maximum absolute atomic E-state index is 12.2. The molecular weight excluding hydrogens is 300 g/mol. The molecule has 98 valence electrons. The number of amides is 1. The zero-order valence-electron chi connectivity index (χ0n) is 10.2. The lowest BCUT2D eigenvalue weighted by Crippen LogP contribution is -2.40. The minimum atomic E-state index is -1.04. The lowest BCUT2D eigenvalue weighted by molar-refractivity contribution is -0.138. The van der Waals surface area contributed by atoms with E-state index in [0.29, 0.717) is 15.7 Å². The van der Waals surface area contributed by atoms with Crippen LogP contribution < -0.4 is 5.73 Å². The van der Waals surface area contributed by atoms with Crippen LogP contribution in [0.5, 0.6) is 0 Å². The Kier molecular flexibility index (Phi) is 4.72. The molecule has 6 heteroatoms. The number of aliphatic carboxylic acids is 1. The van der Waals surface area contributed by atoms with E-state index < -0.39 is 5.97 Å². The van der Waals surface area contributed by atoms with Gasteiger partial charge in [0, 0.05) is 21.8 Å². The van der Waals surface area contributed by atoms with Gasteiger partial charge < -0.3 is 15.7 Å². The van der Waals surface area contributed by atoms with E-state index in [2.05, 4.69) is 15.9 Å². The maximum Gasteiger partial charge on any atom is 0.323 e. The van der Waals surface area contributed by atoms with Crippen LogP contribution in [-0.4, -0.2) is 34.5 Å². The van der Waals surface area contributed by atoms with Crippen molar-refractivity contribution in [3.63, 3.8) is 0 Å². The fourth-order valence-electron chi connectivity index (χ4n) is 1.54. The molecule has 1 aromatic carbocycles. The standard InChI is InChI=1S/C12H15BrN2O3/c1-7(2)15(6-11(16)17)12(18)8-3-9(13)5-10(14)4-8/h3-5,7H,6,14H2,1-2H3,(H,16,17). The third-order valence-electron chi connectivity index (χ3n) is 2.36. The van der Waals surface area contributed by atoms with E-state index in [1.807, 2.05) is 0 Å². The normalized spacial score (nSPS) is 10.4. The highest BCUT2D eigenvalue weighted by Gasteiger charge is 2.21. The molecule has 0 bridgehead atoms. The van der Waals surface area contributed by atoms with Crippen LogP contribution in [0, 0.1) is 0 Å². The summed E-state index contributed by atoms with van der Waals surface area (Å²) in [4.78, 5) is 24.2. The highest BCUT2D eigenvalue weighted by molar-refractivity contribution is 9.10. The summed E-state index contributed by atoms with van der Waals surface area (Å²) in [6.45, 7) is 3.20. The third kappa shape index (κ3) is 3.73. The van der Waals surface area contributed by atoms with Gasteiger partial charge in [-0.25, -0.2) is 0 Å². The molecule has 18 heavy (non-hydrogen) atoms. The van der Waals surface area contributed by atoms with Crippen molar-refractivity contribution >= 4 is 33.5 Å². The predicted octanol–water partition coefficient (Wildman–Crippen LogP) is 1.97. The number of benzene rings is 1. The summed E-state index contributed by atoms with van der Waals surface area (Å²) in [5.41, 5.74) is 6.48. The van der Waals surface area contributed by atoms with Crippen LogP contribution in [0.25, 0.3) is 0 Å². The van der Waals surface area contributed by atoms with E-state index >= 15 is 0 Å². The Morgan fingerprint density at radius 1 is 1.39 bits per heavy atom. The number of carboxylic acids is 1. The molecule has 1 amide bonds. The second kappa shape index (κ2) is 5.86. The van der Waals surface area contributed by atoms with Crippen LogP contribution in [0.1, 0.15) is 24.2 Å². The van der Waals surface area contributed by atoms with Crippen LogP contribution in [0.3, 0.4) is 0 Å². The largest absolute Gasteiger partial charge is 0.480 e. The topological polar surface area (TPSA) is 83.6 Å². The van der Waals surface area contributed by atoms with Crippen molar-refractivity contribution in [3.8, 4) is 0 Å². The summed E-state index contributed by atoms with van der Waals surface area (Å²) >= 11 is 3.25. The first-order valence-corrected chi connectivity index (χ1v) is 6.19. The van der Waals surface area contributed by atoms with Crippen molar-refractivity contribution in [3.05, 3.63) is 28.2 Å². The van der Waals surface area contributed by atoms with E-state index in [9.17, 15) is 9.59 Å². The predicted molar refractivity (Wildman–Crippen MR) is 72.4 cm³/mol. The maximum atomic E-state index is 12.2. The Labute approximate surface area is 114 Å². The quantitative estimate of drug-likeness (QED) is 0.832. The molecule has 0 unspecified atom stereocenters. The number of nitrogens with two attached hydrogens (primary N) is 1. The van der Waals surface area contributed by atoms with Crippen LogP contribution in [0.15, 0.2) is 22.7 Å². The first-order chi connectivity index (χ1) is 8.31. The number of carbonyl (C=O) groups excluding carboxylic acids is 1. The molecule has 3 N–H and O–H groups in total. The van der Waals surface area contributed by atoms with Crippen LogP contribution in [0.2, 0.25) is 0 Å². The molecule has 1 rings (SSSR count). The van der Waals surface area contributed by atoms with E-state index in [0.717, 1.165) is 0 Å². The molecule has 5 nitrogen and oxygen atoms in total. The molecule has 0 saturated carbocycles. The van der Waals surface area contributed by atoms with Gasteiger partial charge in [0.15, 0.2) is 0 Å². The summed E-state index contributed by atoms with van der Waals surface area (Å²) in [7, 11) is 0. The summed E-state index contributed by atoms with van der Waals surface area (Å²) in [6.07, 6.45) is 0. The molecule has 0 fully saturated rings. The molecule has 0 saturated heterocycles. The summed E-state index contributed by atoms with van der Waals surface area (Å²) < 4.78 is 0.685. The molecule has 0 aliphatic heterocycles. The van der Waals surface area contributed by atoms with Crippen molar-refractivity contribution in [2.24, 2.45) is 0 Å². The summed E-state index contributed by atoms with van der Waals surface area (Å²) in [6, 6.07) is 4.63. The number of hydrogen-bond donors (Lipinski definition) is 2. The van der Waals surface area contributed by atoms with Crippen LogP contribution in [0.4, 0.5) is 5.69 Å². The molecule has 0 heterocycles. The van der Waals surface area contributed by atoms with Crippen molar-refractivity contribution in [2.45, 2.75) is 19.9 Å². The highest BCUT2D eigenvalue weighted by atomic mass is 79.9. The summed E-state index contributed by atoms with van der Waals surface area (Å²) in [5, 5.41) is 8.81. The lowest BCUT2D eigenvalue weighted by Gasteiger charge is -2.25. The Morgan fingerprint density at radius 2 is 2.00 bits per heavy atom. The average Bonchev–Trinajstić information content (AvgIpc) is 2.23. The fourth-order valence-corrected chi connectivity index (χ4v) is 2.05. The Bertz CT molecular complexity index is 454. The van der Waals surface area contributed by atoms with Gasteiger partial charge in [-0.2, -0.15) is 0 Å². The van der Waals surface area contributed by atoms with Crippen molar-refractivity contribution in [1.29, 1.82) is 0 Å². The van der Waals surface area contributed by atoms with Gasteiger partial charge in [0.2, 0.25) is 0 Å². The van der Waals surface area contributed by atoms with Gasteiger partial charge in [-0.15, -0.1) is 0 Å². The fraction of sp³-hybridized carbons (Fsp3) is 0.333. The van der Waals surface area contributed by atoms with Crippen molar-refractivity contribution in [1.82, 2.24) is 4.90 Å². The first-order valence-electron chi connectivity index (χ1n) is 5.40. The second-order valence-corrected chi connectivity index (χ2v) is 5.11. The van der Waals surface area contributed by atoms with Gasteiger partial charge in [-0.3, -0.25) is 9.59 Å². The van der Waals surface area contributed by atoms with Gasteiger partial charge in [-0.1, -0.05) is 15.9 Å². The molecule has 0 aliphatic carbocycles. The highest BCUT2D eigenvalue weighted by Crippen LogP contribution is 2.19. The monoisotopic (exact) mass is 314 g/mol. The Morgan fingerprint density at radius 3 is 2.44 bits per heavy atom. The van der Waals surface area contributed by atoms with Gasteiger partial charge >= 0.3 is 5.97 Å². The average molecular weight is 315 g/mol. The van der Waals surface area contributed by atoms with Gasteiger partial charge in [0.1, 0.15) is 6.54 Å². The van der Waals surface area contributed by atoms with Gasteiger partial charge in [-0.05, 0) is 32.0 Å². The number of hydrogen-bond acceptors (Lipinski definition) is 3. The number of anilines is 1. The zero-order chi connectivity index (χ0) is 13.9. The van der Waals surface area contributed by atoms with E-state index in [1.54, 1.807) is 26.0 Å². The molecule has 1 aromatic rings. The molecule has 0 aromatic heterocycles. The molecule has 0 radical (unpaired) electrons. The molecule has 0 atom stereocenters. The molecule has 0 aliphatic rings.